The van der Waals surface area contributed by atoms with Gasteiger partial charge in [0.2, 0.25) is 0 Å². The summed E-state index contributed by atoms with van der Waals surface area (Å²) in [6.07, 6.45) is -0.809. The van der Waals surface area contributed by atoms with E-state index in [2.05, 4.69) is 4.74 Å². The number of carbonyl (C=O) groups excluding carboxylic acids is 1. The van der Waals surface area contributed by atoms with Crippen molar-refractivity contribution in [3.05, 3.63) is 0 Å². The van der Waals surface area contributed by atoms with Crippen molar-refractivity contribution in [2.75, 3.05) is 20.3 Å². The van der Waals surface area contributed by atoms with Crippen molar-refractivity contribution in [1.29, 1.82) is 0 Å². The Labute approximate surface area is 64.5 Å². The van der Waals surface area contributed by atoms with Crippen molar-refractivity contribution in [1.82, 2.24) is 0 Å². The van der Waals surface area contributed by atoms with Gasteiger partial charge < -0.3 is 9.47 Å². The molecule has 0 bridgehead atoms. The van der Waals surface area contributed by atoms with Crippen LogP contribution in [0.1, 0.15) is 6.42 Å². The third-order valence-electron chi connectivity index (χ3n) is 1.78. The molecule has 0 aromatic heterocycles. The quantitative estimate of drug-likeness (QED) is 0.528. The van der Waals surface area contributed by atoms with Crippen LogP contribution < -0.4 is 0 Å². The molecule has 0 aliphatic carbocycles. The van der Waals surface area contributed by atoms with E-state index in [9.17, 15) is 9.18 Å². The fourth-order valence-electron chi connectivity index (χ4n) is 1.08. The first-order valence-electron chi connectivity index (χ1n) is 3.55. The van der Waals surface area contributed by atoms with Gasteiger partial charge in [0.25, 0.3) is 0 Å². The molecule has 2 atom stereocenters. The lowest BCUT2D eigenvalue weighted by atomic mass is 10.0. The lowest BCUT2D eigenvalue weighted by Gasteiger charge is -2.23. The molecule has 0 radical (unpaired) electrons. The van der Waals surface area contributed by atoms with E-state index in [0.29, 0.717) is 13.0 Å². The van der Waals surface area contributed by atoms with E-state index >= 15 is 0 Å². The molecular formula is C7H11FO3. The number of rotatable bonds is 1. The van der Waals surface area contributed by atoms with Gasteiger partial charge in [-0.3, -0.25) is 4.79 Å². The van der Waals surface area contributed by atoms with E-state index in [1.54, 1.807) is 0 Å². The number of methoxy groups -OCH3 is 1. The Morgan fingerprint density at radius 2 is 2.45 bits per heavy atom. The van der Waals surface area contributed by atoms with Crippen LogP contribution in [0.5, 0.6) is 0 Å². The first-order chi connectivity index (χ1) is 5.25. The van der Waals surface area contributed by atoms with Gasteiger partial charge in [0.15, 0.2) is 0 Å². The zero-order chi connectivity index (χ0) is 8.27. The van der Waals surface area contributed by atoms with Gasteiger partial charge in [-0.25, -0.2) is 4.39 Å². The minimum atomic E-state index is -1.10. The Bertz CT molecular complexity index is 149. The molecule has 1 saturated heterocycles. The van der Waals surface area contributed by atoms with Gasteiger partial charge in [-0.1, -0.05) is 0 Å². The smallest absolute Gasteiger partial charge is 0.313 e. The van der Waals surface area contributed by atoms with Crippen LogP contribution in [0.2, 0.25) is 0 Å². The fourth-order valence-corrected chi connectivity index (χ4v) is 1.08. The van der Waals surface area contributed by atoms with Crippen LogP contribution in [0.15, 0.2) is 0 Å². The van der Waals surface area contributed by atoms with Crippen LogP contribution in [-0.2, 0) is 14.3 Å². The van der Waals surface area contributed by atoms with Crippen LogP contribution in [0.3, 0.4) is 0 Å². The maximum absolute atomic E-state index is 12.9. The minimum Gasteiger partial charge on any atom is -0.469 e. The summed E-state index contributed by atoms with van der Waals surface area (Å²) in [5.74, 6) is -1.23. The van der Waals surface area contributed by atoms with Crippen LogP contribution in [0, 0.1) is 5.92 Å². The monoisotopic (exact) mass is 162 g/mol. The highest BCUT2D eigenvalue weighted by atomic mass is 19.1. The summed E-state index contributed by atoms with van der Waals surface area (Å²) in [6, 6.07) is 0. The SMILES string of the molecule is COC(=O)[C@H]1COCC[C@H]1F. The molecule has 0 aromatic rings. The number of halogens is 1. The number of ether oxygens (including phenoxy) is 2. The Balaban J connectivity index is 2.47. The Morgan fingerprint density at radius 1 is 1.73 bits per heavy atom. The largest absolute Gasteiger partial charge is 0.469 e. The molecule has 0 N–H and O–H groups in total. The van der Waals surface area contributed by atoms with Crippen molar-refractivity contribution in [2.45, 2.75) is 12.6 Å². The summed E-state index contributed by atoms with van der Waals surface area (Å²) < 4.78 is 22.2. The van der Waals surface area contributed by atoms with Crippen LogP contribution in [0.25, 0.3) is 0 Å². The fraction of sp³-hybridized carbons (Fsp3) is 0.857. The first-order valence-corrected chi connectivity index (χ1v) is 3.55. The number of hydrogen-bond donors (Lipinski definition) is 0. The maximum Gasteiger partial charge on any atom is 0.313 e. The van der Waals surface area contributed by atoms with Crippen LogP contribution in [-0.4, -0.2) is 32.5 Å². The van der Waals surface area contributed by atoms with Crippen LogP contribution in [0.4, 0.5) is 4.39 Å². The topological polar surface area (TPSA) is 35.5 Å². The molecule has 1 rings (SSSR count). The molecular weight excluding hydrogens is 151 g/mol. The summed E-state index contributed by atoms with van der Waals surface area (Å²) in [6.45, 7) is 0.544. The van der Waals surface area contributed by atoms with Crippen molar-refractivity contribution in [3.63, 3.8) is 0 Å². The molecule has 0 unspecified atom stereocenters. The zero-order valence-corrected chi connectivity index (χ0v) is 6.38. The Morgan fingerprint density at radius 3 is 3.00 bits per heavy atom. The summed E-state index contributed by atoms with van der Waals surface area (Å²) in [4.78, 5) is 10.8. The molecule has 0 spiro atoms. The lowest BCUT2D eigenvalue weighted by Crippen LogP contribution is -2.35. The van der Waals surface area contributed by atoms with Crippen LogP contribution >= 0.6 is 0 Å². The highest BCUT2D eigenvalue weighted by Gasteiger charge is 2.32. The third-order valence-corrected chi connectivity index (χ3v) is 1.78. The van der Waals surface area contributed by atoms with Gasteiger partial charge in [0.1, 0.15) is 12.1 Å². The van der Waals surface area contributed by atoms with Gasteiger partial charge in [-0.2, -0.15) is 0 Å². The van der Waals surface area contributed by atoms with E-state index < -0.39 is 18.1 Å². The summed E-state index contributed by atoms with van der Waals surface area (Å²) in [5, 5.41) is 0. The van der Waals surface area contributed by atoms with Gasteiger partial charge in [-0.05, 0) is 0 Å². The molecule has 3 nitrogen and oxygen atoms in total. The number of esters is 1. The van der Waals surface area contributed by atoms with Crippen molar-refractivity contribution < 1.29 is 18.7 Å². The molecule has 4 heteroatoms. The number of carbonyl (C=O) groups is 1. The molecule has 64 valence electrons. The van der Waals surface area contributed by atoms with E-state index in [1.807, 2.05) is 0 Å². The van der Waals surface area contributed by atoms with Gasteiger partial charge in [-0.15, -0.1) is 0 Å². The van der Waals surface area contributed by atoms with E-state index in [1.165, 1.54) is 7.11 Å². The second-order valence-corrected chi connectivity index (χ2v) is 2.51. The number of hydrogen-bond acceptors (Lipinski definition) is 3. The van der Waals surface area contributed by atoms with E-state index in [4.69, 9.17) is 4.74 Å². The van der Waals surface area contributed by atoms with Gasteiger partial charge >= 0.3 is 5.97 Å². The van der Waals surface area contributed by atoms with Crippen molar-refractivity contribution in [3.8, 4) is 0 Å². The summed E-state index contributed by atoms with van der Waals surface area (Å²) in [5.41, 5.74) is 0. The van der Waals surface area contributed by atoms with E-state index in [0.717, 1.165) is 0 Å². The zero-order valence-electron chi connectivity index (χ0n) is 6.38. The molecule has 0 aromatic carbocycles. The third kappa shape index (κ3) is 1.89. The molecule has 1 aliphatic rings. The number of alkyl halides is 1. The van der Waals surface area contributed by atoms with E-state index in [-0.39, 0.29) is 6.61 Å². The standard InChI is InChI=1S/C7H11FO3/c1-10-7(9)5-4-11-3-2-6(5)8/h5-6H,2-4H2,1H3/t5-,6+/m0/s1. The second-order valence-electron chi connectivity index (χ2n) is 2.51. The molecule has 11 heavy (non-hydrogen) atoms. The Kier molecular flexibility index (Phi) is 2.82. The summed E-state index contributed by atoms with van der Waals surface area (Å²) >= 11 is 0. The molecule has 1 fully saturated rings. The summed E-state index contributed by atoms with van der Waals surface area (Å²) in [7, 11) is 1.25. The van der Waals surface area contributed by atoms with Gasteiger partial charge in [0.05, 0.1) is 13.7 Å². The molecule has 0 amide bonds. The maximum atomic E-state index is 12.9. The highest BCUT2D eigenvalue weighted by molar-refractivity contribution is 5.73. The lowest BCUT2D eigenvalue weighted by molar-refractivity contribution is -0.153. The predicted molar refractivity (Wildman–Crippen MR) is 35.8 cm³/mol. The highest BCUT2D eigenvalue weighted by Crippen LogP contribution is 2.18. The minimum absolute atomic E-state index is 0.147. The molecule has 1 aliphatic heterocycles. The normalized spacial score (nSPS) is 31.5. The molecule has 0 saturated carbocycles. The van der Waals surface area contributed by atoms with Crippen molar-refractivity contribution in [2.24, 2.45) is 5.92 Å². The molecule has 1 heterocycles. The van der Waals surface area contributed by atoms with Gasteiger partial charge in [0, 0.05) is 13.0 Å². The predicted octanol–water partition coefficient (Wildman–Crippen LogP) is 0.534. The first kappa shape index (κ1) is 8.46. The Hall–Kier alpha value is -0.640. The average Bonchev–Trinajstić information content (AvgIpc) is 2.04. The average molecular weight is 162 g/mol. The van der Waals surface area contributed by atoms with Crippen molar-refractivity contribution >= 4 is 5.97 Å². The second kappa shape index (κ2) is 3.67.